The fourth-order valence-corrected chi connectivity index (χ4v) is 0.968. The molecule has 0 bridgehead atoms. The number of ether oxygens (including phenoxy) is 1. The zero-order valence-corrected chi connectivity index (χ0v) is 8.92. The van der Waals surface area contributed by atoms with Gasteiger partial charge in [0.05, 0.1) is 6.42 Å². The van der Waals surface area contributed by atoms with Crippen LogP contribution in [0.5, 0.6) is 0 Å². The molecule has 0 amide bonds. The molecule has 0 aliphatic heterocycles. The van der Waals surface area contributed by atoms with E-state index in [0.29, 0.717) is 6.54 Å². The first-order valence-electron chi connectivity index (χ1n) is 5.27. The minimum atomic E-state index is -0.753. The summed E-state index contributed by atoms with van der Waals surface area (Å²) in [6, 6.07) is 0. The third-order valence-corrected chi connectivity index (χ3v) is 1.80. The molecule has 0 aliphatic carbocycles. The highest BCUT2D eigenvalue weighted by Gasteiger charge is 1.94. The van der Waals surface area contributed by atoms with Gasteiger partial charge in [0.1, 0.15) is 0 Å². The predicted octanol–water partition coefficient (Wildman–Crippen LogP) is 1.26. The van der Waals surface area contributed by atoms with Gasteiger partial charge < -0.3 is 15.2 Å². The van der Waals surface area contributed by atoms with Crippen LogP contribution in [0, 0.1) is 0 Å². The summed E-state index contributed by atoms with van der Waals surface area (Å²) in [6.07, 6.45) is 3.42. The Labute approximate surface area is 85.6 Å². The van der Waals surface area contributed by atoms with Crippen LogP contribution in [0.1, 0.15) is 32.6 Å². The smallest absolute Gasteiger partial charge is 0.304 e. The topological polar surface area (TPSA) is 58.6 Å². The van der Waals surface area contributed by atoms with Crippen LogP contribution in [0.2, 0.25) is 0 Å². The number of nitrogens with one attached hydrogen (secondary N) is 1. The molecular weight excluding hydrogens is 182 g/mol. The van der Waals surface area contributed by atoms with Gasteiger partial charge in [-0.2, -0.15) is 0 Å². The van der Waals surface area contributed by atoms with E-state index in [1.807, 2.05) is 0 Å². The van der Waals surface area contributed by atoms with Gasteiger partial charge in [0.2, 0.25) is 0 Å². The maximum atomic E-state index is 10.1. The molecule has 0 saturated heterocycles. The largest absolute Gasteiger partial charge is 0.481 e. The molecule has 14 heavy (non-hydrogen) atoms. The summed E-state index contributed by atoms with van der Waals surface area (Å²) in [5.41, 5.74) is 0. The van der Waals surface area contributed by atoms with Gasteiger partial charge in [-0.05, 0) is 19.4 Å². The molecule has 0 saturated carbocycles. The third-order valence-electron chi connectivity index (χ3n) is 1.80. The van der Waals surface area contributed by atoms with Gasteiger partial charge >= 0.3 is 5.97 Å². The fraction of sp³-hybridized carbons (Fsp3) is 0.900. The molecule has 0 heterocycles. The number of carbonyl (C=O) groups is 1. The Morgan fingerprint density at radius 3 is 2.64 bits per heavy atom. The predicted molar refractivity (Wildman–Crippen MR) is 55.5 cm³/mol. The molecule has 4 heteroatoms. The Hall–Kier alpha value is -0.610. The van der Waals surface area contributed by atoms with Crippen molar-refractivity contribution in [2.24, 2.45) is 0 Å². The first-order chi connectivity index (χ1) is 6.77. The second-order valence-electron chi connectivity index (χ2n) is 3.21. The van der Waals surface area contributed by atoms with Crippen LogP contribution in [0.4, 0.5) is 0 Å². The van der Waals surface area contributed by atoms with E-state index in [0.717, 1.165) is 39.0 Å². The van der Waals surface area contributed by atoms with E-state index < -0.39 is 5.97 Å². The van der Waals surface area contributed by atoms with Gasteiger partial charge in [-0.15, -0.1) is 0 Å². The van der Waals surface area contributed by atoms with Crippen molar-refractivity contribution in [3.63, 3.8) is 0 Å². The Balaban J connectivity index is 2.88. The summed E-state index contributed by atoms with van der Waals surface area (Å²) < 4.78 is 5.35. The Kier molecular flexibility index (Phi) is 10.0. The summed E-state index contributed by atoms with van der Waals surface area (Å²) in [7, 11) is 0. The highest BCUT2D eigenvalue weighted by Crippen LogP contribution is 1.89. The molecular formula is C10H21NO3. The average Bonchev–Trinajstić information content (AvgIpc) is 2.15. The molecule has 0 atom stereocenters. The summed E-state index contributed by atoms with van der Waals surface area (Å²) >= 11 is 0. The highest BCUT2D eigenvalue weighted by molar-refractivity contribution is 5.66. The monoisotopic (exact) mass is 203 g/mol. The highest BCUT2D eigenvalue weighted by atomic mass is 16.5. The number of carboxylic acids is 1. The zero-order chi connectivity index (χ0) is 10.6. The van der Waals surface area contributed by atoms with Crippen LogP contribution in [0.15, 0.2) is 0 Å². The van der Waals surface area contributed by atoms with Crippen molar-refractivity contribution < 1.29 is 14.6 Å². The number of hydrogen-bond acceptors (Lipinski definition) is 3. The van der Waals surface area contributed by atoms with Gasteiger partial charge in [0, 0.05) is 19.8 Å². The Morgan fingerprint density at radius 2 is 2.00 bits per heavy atom. The van der Waals surface area contributed by atoms with Gasteiger partial charge in [-0.3, -0.25) is 4.79 Å². The van der Waals surface area contributed by atoms with Crippen molar-refractivity contribution >= 4 is 5.97 Å². The number of unbranched alkanes of at least 4 members (excludes halogenated alkanes) is 1. The summed E-state index contributed by atoms with van der Waals surface area (Å²) in [6.45, 7) is 5.12. The molecule has 0 unspecified atom stereocenters. The quantitative estimate of drug-likeness (QED) is 0.525. The number of carboxylic acid groups (broad SMARTS) is 1. The van der Waals surface area contributed by atoms with E-state index in [1.54, 1.807) is 0 Å². The third kappa shape index (κ3) is 11.4. The molecule has 84 valence electrons. The lowest BCUT2D eigenvalue weighted by Gasteiger charge is -2.04. The fourth-order valence-electron chi connectivity index (χ4n) is 0.968. The van der Waals surface area contributed by atoms with E-state index in [9.17, 15) is 4.79 Å². The van der Waals surface area contributed by atoms with Gasteiger partial charge in [0.15, 0.2) is 0 Å². The molecule has 4 nitrogen and oxygen atoms in total. The van der Waals surface area contributed by atoms with Crippen molar-refractivity contribution in [1.82, 2.24) is 5.32 Å². The molecule has 0 aromatic rings. The maximum absolute atomic E-state index is 10.1. The second kappa shape index (κ2) is 10.5. The minimum Gasteiger partial charge on any atom is -0.481 e. The number of hydrogen-bond donors (Lipinski definition) is 2. The van der Waals surface area contributed by atoms with Crippen molar-refractivity contribution in [3.8, 4) is 0 Å². The van der Waals surface area contributed by atoms with E-state index >= 15 is 0 Å². The van der Waals surface area contributed by atoms with E-state index in [1.165, 1.54) is 0 Å². The van der Waals surface area contributed by atoms with Crippen LogP contribution in [0.3, 0.4) is 0 Å². The van der Waals surface area contributed by atoms with Crippen LogP contribution < -0.4 is 5.32 Å². The van der Waals surface area contributed by atoms with Crippen LogP contribution in [0.25, 0.3) is 0 Å². The summed E-state index contributed by atoms with van der Waals surface area (Å²) in [4.78, 5) is 10.1. The average molecular weight is 203 g/mol. The van der Waals surface area contributed by atoms with Crippen molar-refractivity contribution in [3.05, 3.63) is 0 Å². The van der Waals surface area contributed by atoms with Crippen molar-refractivity contribution in [2.75, 3.05) is 26.3 Å². The van der Waals surface area contributed by atoms with Gasteiger partial charge in [0.25, 0.3) is 0 Å². The Morgan fingerprint density at radius 1 is 1.29 bits per heavy atom. The number of aliphatic carboxylic acids is 1. The van der Waals surface area contributed by atoms with Gasteiger partial charge in [-0.1, -0.05) is 13.3 Å². The SMILES string of the molecule is CCCCOCCCNCCC(=O)O. The molecule has 2 N–H and O–H groups in total. The molecule has 0 aromatic heterocycles. The maximum Gasteiger partial charge on any atom is 0.304 e. The molecule has 0 fully saturated rings. The lowest BCUT2D eigenvalue weighted by Crippen LogP contribution is -2.20. The molecule has 0 spiro atoms. The molecule has 0 aromatic carbocycles. The Bertz CT molecular complexity index is 139. The normalized spacial score (nSPS) is 10.4. The minimum absolute atomic E-state index is 0.191. The van der Waals surface area contributed by atoms with E-state index in [2.05, 4.69) is 12.2 Å². The van der Waals surface area contributed by atoms with E-state index in [4.69, 9.17) is 9.84 Å². The lowest BCUT2D eigenvalue weighted by molar-refractivity contribution is -0.136. The second-order valence-corrected chi connectivity index (χ2v) is 3.21. The molecule has 0 rings (SSSR count). The first-order valence-corrected chi connectivity index (χ1v) is 5.27. The van der Waals surface area contributed by atoms with Crippen molar-refractivity contribution in [1.29, 1.82) is 0 Å². The van der Waals surface area contributed by atoms with Crippen LogP contribution in [-0.4, -0.2) is 37.4 Å². The van der Waals surface area contributed by atoms with Gasteiger partial charge in [-0.25, -0.2) is 0 Å². The number of rotatable bonds is 10. The zero-order valence-electron chi connectivity index (χ0n) is 8.92. The summed E-state index contributed by atoms with van der Waals surface area (Å²) in [5.74, 6) is -0.753. The standard InChI is InChI=1S/C10H21NO3/c1-2-3-8-14-9-4-6-11-7-5-10(12)13/h11H,2-9H2,1H3,(H,12,13). The first kappa shape index (κ1) is 13.4. The molecule has 0 aliphatic rings. The lowest BCUT2D eigenvalue weighted by atomic mass is 10.3. The van der Waals surface area contributed by atoms with E-state index in [-0.39, 0.29) is 6.42 Å². The molecule has 0 radical (unpaired) electrons. The van der Waals surface area contributed by atoms with Crippen LogP contribution >= 0.6 is 0 Å². The van der Waals surface area contributed by atoms with Crippen molar-refractivity contribution in [2.45, 2.75) is 32.6 Å². The summed E-state index contributed by atoms with van der Waals surface area (Å²) in [5, 5.41) is 11.4. The van der Waals surface area contributed by atoms with Crippen LogP contribution in [-0.2, 0) is 9.53 Å².